The molecule has 0 aliphatic heterocycles. The molecule has 0 fully saturated rings. The van der Waals surface area contributed by atoms with Gasteiger partial charge >= 0.3 is 5.97 Å². The molecule has 0 unspecified atom stereocenters. The summed E-state index contributed by atoms with van der Waals surface area (Å²) in [6.07, 6.45) is 0. The van der Waals surface area contributed by atoms with Gasteiger partial charge in [-0.25, -0.2) is 9.18 Å². The number of halogens is 2. The molecule has 0 spiro atoms. The van der Waals surface area contributed by atoms with Gasteiger partial charge in [0.15, 0.2) is 0 Å². The zero-order valence-electron chi connectivity index (χ0n) is 11.2. The molecule has 0 amide bonds. The van der Waals surface area contributed by atoms with E-state index in [9.17, 15) is 9.18 Å². The molecule has 0 heterocycles. The maximum absolute atomic E-state index is 13.7. The Morgan fingerprint density at radius 1 is 1.33 bits per heavy atom. The SMILES string of the molecule is COc1ccc(N)c(C(=O)OCc2cccc(Cl)c2F)c1. The van der Waals surface area contributed by atoms with Crippen LogP contribution in [0.1, 0.15) is 15.9 Å². The van der Waals surface area contributed by atoms with Crippen molar-refractivity contribution in [2.75, 3.05) is 12.8 Å². The van der Waals surface area contributed by atoms with Gasteiger partial charge in [0, 0.05) is 11.3 Å². The van der Waals surface area contributed by atoms with E-state index in [1.807, 2.05) is 0 Å². The van der Waals surface area contributed by atoms with Crippen LogP contribution in [0.5, 0.6) is 5.75 Å². The quantitative estimate of drug-likeness (QED) is 0.694. The first kappa shape index (κ1) is 15.1. The Balaban J connectivity index is 2.13. The van der Waals surface area contributed by atoms with Crippen LogP contribution in [0.15, 0.2) is 36.4 Å². The summed E-state index contributed by atoms with van der Waals surface area (Å²) in [4.78, 5) is 12.0. The van der Waals surface area contributed by atoms with Crippen LogP contribution in [0.2, 0.25) is 5.02 Å². The topological polar surface area (TPSA) is 61.5 Å². The molecule has 2 aromatic rings. The first-order valence-corrected chi connectivity index (χ1v) is 6.44. The summed E-state index contributed by atoms with van der Waals surface area (Å²) < 4.78 is 23.8. The molecule has 4 nitrogen and oxygen atoms in total. The first-order chi connectivity index (χ1) is 10.0. The van der Waals surface area contributed by atoms with Crippen molar-refractivity contribution in [1.82, 2.24) is 0 Å². The number of esters is 1. The van der Waals surface area contributed by atoms with Crippen LogP contribution in [0.4, 0.5) is 10.1 Å². The molecule has 2 rings (SSSR count). The first-order valence-electron chi connectivity index (χ1n) is 6.06. The average Bonchev–Trinajstić information content (AvgIpc) is 2.49. The lowest BCUT2D eigenvalue weighted by molar-refractivity contribution is 0.0470. The lowest BCUT2D eigenvalue weighted by Crippen LogP contribution is -2.09. The molecule has 0 atom stereocenters. The molecule has 21 heavy (non-hydrogen) atoms. The summed E-state index contributed by atoms with van der Waals surface area (Å²) in [5.41, 5.74) is 6.33. The summed E-state index contributed by atoms with van der Waals surface area (Å²) in [6.45, 7) is -0.234. The van der Waals surface area contributed by atoms with Crippen molar-refractivity contribution in [3.05, 3.63) is 58.4 Å². The standard InChI is InChI=1S/C15H13ClFNO3/c1-20-10-5-6-13(18)11(7-10)15(19)21-8-9-3-2-4-12(16)14(9)17/h2-7H,8,18H2,1H3. The van der Waals surface area contributed by atoms with Gasteiger partial charge in [-0.2, -0.15) is 0 Å². The van der Waals surface area contributed by atoms with E-state index in [0.717, 1.165) is 0 Å². The van der Waals surface area contributed by atoms with E-state index in [1.54, 1.807) is 12.1 Å². The third kappa shape index (κ3) is 3.44. The number of rotatable bonds is 4. The highest BCUT2D eigenvalue weighted by Gasteiger charge is 2.14. The molecule has 0 aromatic heterocycles. The fourth-order valence-electron chi connectivity index (χ4n) is 1.72. The van der Waals surface area contributed by atoms with Crippen LogP contribution in [-0.2, 0) is 11.3 Å². The molecule has 2 N–H and O–H groups in total. The lowest BCUT2D eigenvalue weighted by Gasteiger charge is -2.09. The van der Waals surface area contributed by atoms with Crippen molar-refractivity contribution in [1.29, 1.82) is 0 Å². The van der Waals surface area contributed by atoms with E-state index < -0.39 is 11.8 Å². The van der Waals surface area contributed by atoms with E-state index in [0.29, 0.717) is 5.75 Å². The Bertz CT molecular complexity index is 676. The van der Waals surface area contributed by atoms with Crippen LogP contribution < -0.4 is 10.5 Å². The van der Waals surface area contributed by atoms with Crippen LogP contribution in [-0.4, -0.2) is 13.1 Å². The third-order valence-corrected chi connectivity index (χ3v) is 3.16. The predicted octanol–water partition coefficient (Wildman–Crippen LogP) is 3.43. The minimum atomic E-state index is -0.661. The van der Waals surface area contributed by atoms with Crippen molar-refractivity contribution in [3.8, 4) is 5.75 Å². The summed E-state index contributed by atoms with van der Waals surface area (Å²) in [5, 5.41) is -0.0237. The minimum absolute atomic E-state index is 0.0237. The zero-order valence-corrected chi connectivity index (χ0v) is 12.0. The number of benzene rings is 2. The van der Waals surface area contributed by atoms with E-state index >= 15 is 0 Å². The van der Waals surface area contributed by atoms with Gasteiger partial charge in [0.1, 0.15) is 18.2 Å². The molecule has 0 aliphatic rings. The number of carbonyl (C=O) groups is 1. The molecule has 2 aromatic carbocycles. The van der Waals surface area contributed by atoms with E-state index in [1.165, 1.54) is 31.4 Å². The second-order valence-corrected chi connectivity index (χ2v) is 4.65. The summed E-state index contributed by atoms with van der Waals surface area (Å²) in [5.74, 6) is -0.790. The van der Waals surface area contributed by atoms with Crippen molar-refractivity contribution < 1.29 is 18.7 Å². The van der Waals surface area contributed by atoms with Crippen LogP contribution >= 0.6 is 11.6 Å². The summed E-state index contributed by atoms with van der Waals surface area (Å²) in [7, 11) is 1.47. The van der Waals surface area contributed by atoms with Crippen molar-refractivity contribution in [2.45, 2.75) is 6.61 Å². The monoisotopic (exact) mass is 309 g/mol. The molecule has 0 aliphatic carbocycles. The Hall–Kier alpha value is -2.27. The van der Waals surface area contributed by atoms with Gasteiger partial charge in [0.05, 0.1) is 17.7 Å². The normalized spacial score (nSPS) is 10.2. The molecule has 6 heteroatoms. The van der Waals surface area contributed by atoms with Gasteiger partial charge in [0.25, 0.3) is 0 Å². The molecule has 110 valence electrons. The van der Waals surface area contributed by atoms with Crippen LogP contribution in [0.3, 0.4) is 0 Å². The number of ether oxygens (including phenoxy) is 2. The second-order valence-electron chi connectivity index (χ2n) is 4.24. The number of hydrogen-bond donors (Lipinski definition) is 1. The highest BCUT2D eigenvalue weighted by Crippen LogP contribution is 2.22. The highest BCUT2D eigenvalue weighted by molar-refractivity contribution is 6.30. The molecule has 0 saturated heterocycles. The highest BCUT2D eigenvalue weighted by atomic mass is 35.5. The fraction of sp³-hybridized carbons (Fsp3) is 0.133. The Labute approximate surface area is 126 Å². The average molecular weight is 310 g/mol. The van der Waals surface area contributed by atoms with Gasteiger partial charge in [-0.3, -0.25) is 0 Å². The van der Waals surface area contributed by atoms with E-state index in [-0.39, 0.29) is 28.4 Å². The number of carbonyl (C=O) groups excluding carboxylic acids is 1. The zero-order chi connectivity index (χ0) is 15.4. The predicted molar refractivity (Wildman–Crippen MR) is 77.9 cm³/mol. The molecular formula is C15H13ClFNO3. The number of hydrogen-bond acceptors (Lipinski definition) is 4. The smallest absolute Gasteiger partial charge is 0.340 e. The van der Waals surface area contributed by atoms with Crippen molar-refractivity contribution in [3.63, 3.8) is 0 Å². The number of nitrogen functional groups attached to an aromatic ring is 1. The third-order valence-electron chi connectivity index (χ3n) is 2.87. The molecule has 0 radical (unpaired) electrons. The van der Waals surface area contributed by atoms with E-state index in [2.05, 4.69) is 0 Å². The Morgan fingerprint density at radius 2 is 2.10 bits per heavy atom. The fourth-order valence-corrected chi connectivity index (χ4v) is 1.91. The molecule has 0 saturated carbocycles. The Morgan fingerprint density at radius 3 is 2.81 bits per heavy atom. The van der Waals surface area contributed by atoms with Crippen molar-refractivity contribution >= 4 is 23.3 Å². The van der Waals surface area contributed by atoms with Crippen LogP contribution in [0, 0.1) is 5.82 Å². The van der Waals surface area contributed by atoms with Gasteiger partial charge in [0.2, 0.25) is 0 Å². The summed E-state index contributed by atoms with van der Waals surface area (Å²) >= 11 is 5.66. The largest absolute Gasteiger partial charge is 0.497 e. The molecule has 0 bridgehead atoms. The number of nitrogens with two attached hydrogens (primary N) is 1. The van der Waals surface area contributed by atoms with Gasteiger partial charge in [-0.1, -0.05) is 23.7 Å². The number of methoxy groups -OCH3 is 1. The Kier molecular flexibility index (Phi) is 4.65. The molecular weight excluding hydrogens is 297 g/mol. The summed E-state index contributed by atoms with van der Waals surface area (Å²) in [6, 6.07) is 9.12. The second kappa shape index (κ2) is 6.45. The maximum atomic E-state index is 13.7. The van der Waals surface area contributed by atoms with Gasteiger partial charge < -0.3 is 15.2 Å². The van der Waals surface area contributed by atoms with Crippen LogP contribution in [0.25, 0.3) is 0 Å². The van der Waals surface area contributed by atoms with Gasteiger partial charge in [-0.15, -0.1) is 0 Å². The number of anilines is 1. The lowest BCUT2D eigenvalue weighted by atomic mass is 10.1. The minimum Gasteiger partial charge on any atom is -0.497 e. The van der Waals surface area contributed by atoms with Gasteiger partial charge in [-0.05, 0) is 24.3 Å². The van der Waals surface area contributed by atoms with Crippen molar-refractivity contribution in [2.24, 2.45) is 0 Å². The maximum Gasteiger partial charge on any atom is 0.340 e. The van der Waals surface area contributed by atoms with E-state index in [4.69, 9.17) is 26.8 Å².